The lowest BCUT2D eigenvalue weighted by Gasteiger charge is -2.25. The topological polar surface area (TPSA) is 70.8 Å². The number of amides is 1. The predicted molar refractivity (Wildman–Crippen MR) is 124 cm³/mol. The molecule has 0 fully saturated rings. The maximum absolute atomic E-state index is 13.5. The third kappa shape index (κ3) is 3.94. The number of aliphatic hydroxyl groups excluding tert-OH is 1. The number of furan rings is 1. The van der Waals surface area contributed by atoms with E-state index in [1.807, 2.05) is 17.5 Å². The number of ketones is 1. The molecule has 1 aliphatic rings. The smallest absolute Gasteiger partial charge is 0.290 e. The summed E-state index contributed by atoms with van der Waals surface area (Å²) in [5.74, 6) is -2.10. The van der Waals surface area contributed by atoms with Crippen molar-refractivity contribution in [3.63, 3.8) is 0 Å². The molecule has 33 heavy (non-hydrogen) atoms. The van der Waals surface area contributed by atoms with Crippen LogP contribution in [-0.4, -0.2) is 28.2 Å². The summed E-state index contributed by atoms with van der Waals surface area (Å²) in [6.45, 7) is 0.240. The molecule has 5 rings (SSSR count). The van der Waals surface area contributed by atoms with Gasteiger partial charge in [0, 0.05) is 21.8 Å². The number of aliphatic hydroxyl groups is 1. The molecule has 2 aromatic carbocycles. The van der Waals surface area contributed by atoms with Crippen molar-refractivity contribution in [1.82, 2.24) is 4.90 Å². The highest BCUT2D eigenvalue weighted by Crippen LogP contribution is 2.41. The second kappa shape index (κ2) is 8.50. The minimum absolute atomic E-state index is 0.0172. The summed E-state index contributed by atoms with van der Waals surface area (Å²) in [5, 5.41) is 13.7. The molecule has 1 aliphatic heterocycles. The molecule has 1 atom stereocenters. The Bertz CT molecular complexity index is 1390. The van der Waals surface area contributed by atoms with E-state index in [0.717, 1.165) is 10.4 Å². The van der Waals surface area contributed by atoms with Crippen LogP contribution in [0.15, 0.2) is 81.8 Å². The molecule has 0 spiro atoms. The summed E-state index contributed by atoms with van der Waals surface area (Å²) in [5.41, 5.74) is 1.29. The van der Waals surface area contributed by atoms with E-state index < -0.39 is 23.5 Å². The van der Waals surface area contributed by atoms with Gasteiger partial charge in [-0.25, -0.2) is 4.39 Å². The van der Waals surface area contributed by atoms with Gasteiger partial charge in [-0.2, -0.15) is 0 Å². The van der Waals surface area contributed by atoms with E-state index in [1.165, 1.54) is 28.4 Å². The first-order valence-electron chi connectivity index (χ1n) is 10.2. The van der Waals surface area contributed by atoms with Crippen molar-refractivity contribution in [3.8, 4) is 0 Å². The molecule has 4 aromatic rings. The van der Waals surface area contributed by atoms with Crippen LogP contribution in [0.3, 0.4) is 0 Å². The molecule has 2 aromatic heterocycles. The minimum Gasteiger partial charge on any atom is -0.503 e. The quantitative estimate of drug-likeness (QED) is 0.337. The molecule has 1 N–H and O–H groups in total. The molecule has 1 unspecified atom stereocenters. The van der Waals surface area contributed by atoms with Crippen LogP contribution < -0.4 is 0 Å². The molecule has 166 valence electrons. The molecule has 0 saturated heterocycles. The van der Waals surface area contributed by atoms with E-state index in [4.69, 9.17) is 16.0 Å². The first-order chi connectivity index (χ1) is 15.9. The molecule has 0 saturated carbocycles. The predicted octanol–water partition coefficient (Wildman–Crippen LogP) is 6.11. The van der Waals surface area contributed by atoms with Gasteiger partial charge in [-0.05, 0) is 59.8 Å². The van der Waals surface area contributed by atoms with Crippen LogP contribution in [0.1, 0.15) is 27.0 Å². The van der Waals surface area contributed by atoms with Crippen molar-refractivity contribution in [2.45, 2.75) is 12.5 Å². The maximum Gasteiger partial charge on any atom is 0.290 e. The van der Waals surface area contributed by atoms with Gasteiger partial charge in [-0.3, -0.25) is 9.59 Å². The summed E-state index contributed by atoms with van der Waals surface area (Å²) in [6, 6.07) is 15.5. The molecule has 0 radical (unpaired) electrons. The third-order valence-corrected chi connectivity index (χ3v) is 6.78. The zero-order chi connectivity index (χ0) is 23.1. The Morgan fingerprint density at radius 3 is 2.67 bits per heavy atom. The van der Waals surface area contributed by atoms with Crippen LogP contribution in [0.2, 0.25) is 5.02 Å². The van der Waals surface area contributed by atoms with Crippen molar-refractivity contribution < 1.29 is 23.5 Å². The van der Waals surface area contributed by atoms with Gasteiger partial charge < -0.3 is 14.4 Å². The number of Topliss-reactive ketones (excluding diaryl/α,β-unsaturated/α-hetero) is 1. The summed E-state index contributed by atoms with van der Waals surface area (Å²) < 4.78 is 18.9. The van der Waals surface area contributed by atoms with Gasteiger partial charge in [0.2, 0.25) is 5.78 Å². The van der Waals surface area contributed by atoms with Crippen LogP contribution >= 0.6 is 22.9 Å². The largest absolute Gasteiger partial charge is 0.503 e. The van der Waals surface area contributed by atoms with Crippen molar-refractivity contribution >= 4 is 45.6 Å². The number of nitrogens with zero attached hydrogens (tertiary/aromatic N) is 1. The minimum atomic E-state index is -0.748. The van der Waals surface area contributed by atoms with Gasteiger partial charge in [0.15, 0.2) is 11.5 Å². The molecule has 0 bridgehead atoms. The van der Waals surface area contributed by atoms with Crippen molar-refractivity contribution in [2.24, 2.45) is 0 Å². The second-order valence-corrected chi connectivity index (χ2v) is 9.09. The van der Waals surface area contributed by atoms with E-state index in [-0.39, 0.29) is 23.7 Å². The van der Waals surface area contributed by atoms with Crippen molar-refractivity contribution in [1.29, 1.82) is 0 Å². The van der Waals surface area contributed by atoms with Gasteiger partial charge in [-0.15, -0.1) is 11.3 Å². The fourth-order valence-corrected chi connectivity index (χ4v) is 5.04. The zero-order valence-corrected chi connectivity index (χ0v) is 18.7. The van der Waals surface area contributed by atoms with Crippen molar-refractivity contribution in [3.05, 3.63) is 104 Å². The summed E-state index contributed by atoms with van der Waals surface area (Å²) in [4.78, 5) is 28.7. The average molecular weight is 482 g/mol. The van der Waals surface area contributed by atoms with Crippen LogP contribution in [0.5, 0.6) is 0 Å². The lowest BCUT2D eigenvalue weighted by Crippen LogP contribution is -2.32. The second-order valence-electron chi connectivity index (χ2n) is 7.68. The third-order valence-electron chi connectivity index (χ3n) is 5.62. The molecule has 8 heteroatoms. The number of fused-ring (bicyclic) bond motifs is 1. The van der Waals surface area contributed by atoms with Crippen LogP contribution in [-0.2, 0) is 11.2 Å². The highest BCUT2D eigenvalue weighted by molar-refractivity contribution is 7.10. The molecular weight excluding hydrogens is 465 g/mol. The lowest BCUT2D eigenvalue weighted by molar-refractivity contribution is -0.129. The highest BCUT2D eigenvalue weighted by Gasteiger charge is 2.44. The lowest BCUT2D eigenvalue weighted by atomic mass is 10.00. The highest BCUT2D eigenvalue weighted by atomic mass is 35.5. The Kier molecular flexibility index (Phi) is 5.52. The normalized spacial score (nSPS) is 16.2. The van der Waals surface area contributed by atoms with Crippen LogP contribution in [0, 0.1) is 5.82 Å². The van der Waals surface area contributed by atoms with Crippen LogP contribution in [0.25, 0.3) is 11.0 Å². The van der Waals surface area contributed by atoms with E-state index in [0.29, 0.717) is 22.4 Å². The zero-order valence-electron chi connectivity index (χ0n) is 17.1. The summed E-state index contributed by atoms with van der Waals surface area (Å²) >= 11 is 7.42. The monoisotopic (exact) mass is 481 g/mol. The van der Waals surface area contributed by atoms with Gasteiger partial charge in [0.25, 0.3) is 5.91 Å². The summed E-state index contributed by atoms with van der Waals surface area (Å²) in [6.07, 6.45) is 0.436. The van der Waals surface area contributed by atoms with Crippen LogP contribution in [0.4, 0.5) is 4.39 Å². The number of carbonyl (C=O) groups excluding carboxylic acids is 2. The number of hydrogen-bond donors (Lipinski definition) is 1. The van der Waals surface area contributed by atoms with E-state index in [9.17, 15) is 19.1 Å². The maximum atomic E-state index is 13.5. The average Bonchev–Trinajstić information content (AvgIpc) is 3.52. The number of rotatable bonds is 6. The number of hydrogen-bond acceptors (Lipinski definition) is 5. The number of benzene rings is 2. The fraction of sp³-hybridized carbons (Fsp3) is 0.120. The Hall–Kier alpha value is -3.42. The fourth-order valence-electron chi connectivity index (χ4n) is 4.02. The van der Waals surface area contributed by atoms with E-state index in [1.54, 1.807) is 36.4 Å². The Balaban J connectivity index is 1.50. The molecule has 1 amide bonds. The van der Waals surface area contributed by atoms with E-state index in [2.05, 4.69) is 0 Å². The molecule has 3 heterocycles. The van der Waals surface area contributed by atoms with Gasteiger partial charge in [-0.1, -0.05) is 29.8 Å². The Labute approximate surface area is 197 Å². The number of halogens is 2. The van der Waals surface area contributed by atoms with Gasteiger partial charge in [0.05, 0.1) is 11.6 Å². The SMILES string of the molecule is O=C(C1=C(O)C(=O)N(CCc2ccc(F)cc2)C1c1cccs1)c1cc2cc(Cl)ccc2o1. The standard InChI is InChI=1S/C25H17ClFNO4S/c26-16-5-8-18-15(12-16)13-19(32-18)23(29)21-22(20-2-1-11-33-20)28(25(31)24(21)30)10-9-14-3-6-17(27)7-4-14/h1-8,11-13,22,30H,9-10H2. The first-order valence-corrected chi connectivity index (χ1v) is 11.4. The molecular formula is C25H17ClFNO4S. The number of carbonyl (C=O) groups is 2. The molecule has 5 nitrogen and oxygen atoms in total. The Morgan fingerprint density at radius 1 is 1.15 bits per heavy atom. The summed E-state index contributed by atoms with van der Waals surface area (Å²) in [7, 11) is 0. The van der Waals surface area contributed by atoms with E-state index >= 15 is 0 Å². The van der Waals surface area contributed by atoms with Gasteiger partial charge >= 0.3 is 0 Å². The number of thiophene rings is 1. The van der Waals surface area contributed by atoms with Crippen molar-refractivity contribution in [2.75, 3.05) is 6.54 Å². The van der Waals surface area contributed by atoms with Gasteiger partial charge in [0.1, 0.15) is 11.4 Å². The first kappa shape index (κ1) is 21.4. The Morgan fingerprint density at radius 2 is 1.94 bits per heavy atom. The molecule has 0 aliphatic carbocycles.